The highest BCUT2D eigenvalue weighted by Gasteiger charge is 2.35. The highest BCUT2D eigenvalue weighted by Crippen LogP contribution is 2.35. The van der Waals surface area contributed by atoms with Crippen molar-refractivity contribution >= 4 is 26.8 Å². The predicted molar refractivity (Wildman–Crippen MR) is 53.9 cm³/mol. The number of benzene rings is 1. The Balaban J connectivity index is 2.89. The van der Waals surface area contributed by atoms with Gasteiger partial charge >= 0.3 is 6.18 Å². The summed E-state index contributed by atoms with van der Waals surface area (Å²) in [7, 11) is 0. The third kappa shape index (κ3) is 1.82. The molecule has 0 saturated carbocycles. The van der Waals surface area contributed by atoms with Crippen LogP contribution >= 0.6 is 15.9 Å². The lowest BCUT2D eigenvalue weighted by atomic mass is 10.1. The third-order valence-electron chi connectivity index (χ3n) is 1.95. The molecule has 0 amide bonds. The molecular weight excluding hydrogens is 289 g/mol. The molecule has 0 unspecified atom stereocenters. The van der Waals surface area contributed by atoms with Crippen LogP contribution in [0.2, 0.25) is 0 Å². The molecule has 1 aromatic heterocycles. The number of aromatic hydroxyl groups is 1. The number of rotatable bonds is 0. The summed E-state index contributed by atoms with van der Waals surface area (Å²) >= 11 is 2.78. The van der Waals surface area contributed by atoms with Gasteiger partial charge in [-0.05, 0) is 22.0 Å². The number of hydrogen-bond acceptors (Lipinski definition) is 3. The minimum absolute atomic E-state index is 0.128. The molecule has 2 rings (SSSR count). The second-order valence-electron chi connectivity index (χ2n) is 3.01. The first-order chi connectivity index (χ1) is 7.39. The van der Waals surface area contributed by atoms with Crippen LogP contribution < -0.4 is 0 Å². The molecule has 0 aliphatic heterocycles. The van der Waals surface area contributed by atoms with Gasteiger partial charge in [0.1, 0.15) is 11.3 Å². The van der Waals surface area contributed by atoms with Gasteiger partial charge in [-0.25, -0.2) is 9.97 Å². The van der Waals surface area contributed by atoms with Crippen LogP contribution in [-0.4, -0.2) is 15.1 Å². The molecule has 2 aromatic rings. The largest absolute Gasteiger partial charge is 0.506 e. The van der Waals surface area contributed by atoms with Gasteiger partial charge in [0, 0.05) is 5.39 Å². The molecule has 0 saturated heterocycles. The SMILES string of the molecule is Oc1cccc2c(C(F)(F)F)nc(Br)nc12. The van der Waals surface area contributed by atoms with E-state index in [0.29, 0.717) is 0 Å². The molecule has 16 heavy (non-hydrogen) atoms. The molecule has 3 nitrogen and oxygen atoms in total. The van der Waals surface area contributed by atoms with E-state index in [-0.39, 0.29) is 21.4 Å². The van der Waals surface area contributed by atoms with Crippen molar-refractivity contribution < 1.29 is 18.3 Å². The van der Waals surface area contributed by atoms with Crippen LogP contribution in [0.1, 0.15) is 5.69 Å². The van der Waals surface area contributed by atoms with Crippen LogP contribution in [0.25, 0.3) is 10.9 Å². The maximum absolute atomic E-state index is 12.6. The summed E-state index contributed by atoms with van der Waals surface area (Å²) in [4.78, 5) is 6.99. The predicted octanol–water partition coefficient (Wildman–Crippen LogP) is 3.12. The first-order valence-corrected chi connectivity index (χ1v) is 4.91. The van der Waals surface area contributed by atoms with Crippen molar-refractivity contribution in [2.75, 3.05) is 0 Å². The van der Waals surface area contributed by atoms with Gasteiger partial charge in [0.05, 0.1) is 0 Å². The number of para-hydroxylation sites is 1. The van der Waals surface area contributed by atoms with E-state index in [2.05, 4.69) is 25.9 Å². The first kappa shape index (κ1) is 11.1. The number of alkyl halides is 3. The summed E-state index contributed by atoms with van der Waals surface area (Å²) < 4.78 is 37.7. The van der Waals surface area contributed by atoms with E-state index >= 15 is 0 Å². The Morgan fingerprint density at radius 1 is 1.19 bits per heavy atom. The van der Waals surface area contributed by atoms with Crippen LogP contribution in [0, 0.1) is 0 Å². The lowest BCUT2D eigenvalue weighted by Gasteiger charge is -2.09. The van der Waals surface area contributed by atoms with Gasteiger partial charge in [0.2, 0.25) is 0 Å². The summed E-state index contributed by atoms with van der Waals surface area (Å²) in [5.41, 5.74) is -1.20. The molecule has 0 fully saturated rings. The normalized spacial score (nSPS) is 12.0. The van der Waals surface area contributed by atoms with Crippen molar-refractivity contribution in [3.8, 4) is 5.75 Å². The van der Waals surface area contributed by atoms with Crippen LogP contribution in [0.4, 0.5) is 13.2 Å². The van der Waals surface area contributed by atoms with Crippen LogP contribution in [0.15, 0.2) is 22.9 Å². The fraction of sp³-hybridized carbons (Fsp3) is 0.111. The number of hydrogen-bond donors (Lipinski definition) is 1. The molecule has 0 radical (unpaired) electrons. The fourth-order valence-corrected chi connectivity index (χ4v) is 1.68. The topological polar surface area (TPSA) is 46.0 Å². The third-order valence-corrected chi connectivity index (χ3v) is 2.30. The molecule has 1 aromatic carbocycles. The van der Waals surface area contributed by atoms with Gasteiger partial charge in [-0.2, -0.15) is 13.2 Å². The number of halogens is 4. The second kappa shape index (κ2) is 3.58. The monoisotopic (exact) mass is 292 g/mol. The maximum atomic E-state index is 12.6. The molecule has 84 valence electrons. The lowest BCUT2D eigenvalue weighted by Crippen LogP contribution is -2.10. The quantitative estimate of drug-likeness (QED) is 0.759. The van der Waals surface area contributed by atoms with E-state index < -0.39 is 11.9 Å². The molecule has 0 bridgehead atoms. The second-order valence-corrected chi connectivity index (χ2v) is 3.72. The van der Waals surface area contributed by atoms with Crippen molar-refractivity contribution in [3.05, 3.63) is 28.6 Å². The Morgan fingerprint density at radius 3 is 2.50 bits per heavy atom. The van der Waals surface area contributed by atoms with Crippen molar-refractivity contribution in [1.29, 1.82) is 0 Å². The number of fused-ring (bicyclic) bond motifs is 1. The van der Waals surface area contributed by atoms with E-state index in [1.54, 1.807) is 0 Å². The van der Waals surface area contributed by atoms with Gasteiger partial charge in [-0.1, -0.05) is 12.1 Å². The molecule has 0 aliphatic carbocycles. The molecule has 7 heteroatoms. The summed E-state index contributed by atoms with van der Waals surface area (Å²) in [5, 5.41) is 9.18. The summed E-state index contributed by atoms with van der Waals surface area (Å²) in [5.74, 6) is -0.314. The molecular formula is C9H4BrF3N2O. The van der Waals surface area contributed by atoms with Crippen molar-refractivity contribution in [3.63, 3.8) is 0 Å². The lowest BCUT2D eigenvalue weighted by molar-refractivity contribution is -0.139. The van der Waals surface area contributed by atoms with E-state index in [1.807, 2.05) is 0 Å². The minimum atomic E-state index is -4.59. The number of nitrogens with zero attached hydrogens (tertiary/aromatic N) is 2. The van der Waals surface area contributed by atoms with Crippen LogP contribution in [-0.2, 0) is 6.18 Å². The number of aromatic nitrogens is 2. The zero-order chi connectivity index (χ0) is 11.9. The zero-order valence-corrected chi connectivity index (χ0v) is 9.17. The smallest absolute Gasteiger partial charge is 0.434 e. The maximum Gasteiger partial charge on any atom is 0.434 e. The van der Waals surface area contributed by atoms with Crippen LogP contribution in [0.3, 0.4) is 0 Å². The average molecular weight is 293 g/mol. The highest BCUT2D eigenvalue weighted by atomic mass is 79.9. The molecule has 1 N–H and O–H groups in total. The Labute approximate surface area is 96.1 Å². The summed E-state index contributed by atoms with van der Waals surface area (Å²) in [6.45, 7) is 0. The van der Waals surface area contributed by atoms with Crippen molar-refractivity contribution in [2.45, 2.75) is 6.18 Å². The summed E-state index contributed by atoms with van der Waals surface area (Å²) in [6.07, 6.45) is -4.59. The van der Waals surface area contributed by atoms with E-state index in [9.17, 15) is 18.3 Å². The Bertz CT molecular complexity index is 556. The van der Waals surface area contributed by atoms with E-state index in [1.165, 1.54) is 18.2 Å². The zero-order valence-electron chi connectivity index (χ0n) is 7.59. The Morgan fingerprint density at radius 2 is 1.88 bits per heavy atom. The van der Waals surface area contributed by atoms with Gasteiger partial charge in [0.25, 0.3) is 0 Å². The molecule has 0 spiro atoms. The number of phenols is 1. The molecule has 0 atom stereocenters. The van der Waals surface area contributed by atoms with E-state index in [4.69, 9.17) is 0 Å². The van der Waals surface area contributed by atoms with Gasteiger partial charge < -0.3 is 5.11 Å². The average Bonchev–Trinajstić information content (AvgIpc) is 2.17. The Hall–Kier alpha value is -1.37. The van der Waals surface area contributed by atoms with Gasteiger partial charge in [-0.15, -0.1) is 0 Å². The molecule has 1 heterocycles. The minimum Gasteiger partial charge on any atom is -0.506 e. The van der Waals surface area contributed by atoms with Gasteiger partial charge in [0.15, 0.2) is 10.4 Å². The standard InChI is InChI=1S/C9H4BrF3N2O/c10-8-14-6-4(2-1-3-5(6)16)7(15-8)9(11,12)13/h1-3,16H. The first-order valence-electron chi connectivity index (χ1n) is 4.12. The van der Waals surface area contributed by atoms with Gasteiger partial charge in [-0.3, -0.25) is 0 Å². The number of phenolic OH excluding ortho intramolecular Hbond substituents is 1. The fourth-order valence-electron chi connectivity index (χ4n) is 1.33. The Kier molecular flexibility index (Phi) is 2.49. The van der Waals surface area contributed by atoms with Crippen molar-refractivity contribution in [2.24, 2.45) is 0 Å². The van der Waals surface area contributed by atoms with Crippen molar-refractivity contribution in [1.82, 2.24) is 9.97 Å². The van der Waals surface area contributed by atoms with Crippen LogP contribution in [0.5, 0.6) is 5.75 Å². The highest BCUT2D eigenvalue weighted by molar-refractivity contribution is 9.10. The van der Waals surface area contributed by atoms with E-state index in [0.717, 1.165) is 0 Å². The summed E-state index contributed by atoms with van der Waals surface area (Å²) in [6, 6.07) is 3.79. The molecule has 0 aliphatic rings.